The SMILES string of the molecule is CC.CC.CC.Cc1ccccc1N(C(=O)C(C)C1C(C)C(C)N(Cc2ccccc2)C(C)C1C)C(C)C. The van der Waals surface area contributed by atoms with Crippen molar-refractivity contribution in [2.75, 3.05) is 4.90 Å². The summed E-state index contributed by atoms with van der Waals surface area (Å²) in [4.78, 5) is 18.6. The normalized spacial score (nSPS) is 23.5. The molecule has 0 N–H and O–H groups in total. The van der Waals surface area contributed by atoms with Crippen molar-refractivity contribution in [3.63, 3.8) is 0 Å². The molecule has 0 bridgehead atoms. The quantitative estimate of drug-likeness (QED) is 0.375. The number of anilines is 1. The van der Waals surface area contributed by atoms with Gasteiger partial charge in [-0.15, -0.1) is 0 Å². The van der Waals surface area contributed by atoms with E-state index in [1.165, 1.54) is 5.56 Å². The molecule has 5 atom stereocenters. The molecular weight excluding hydrogens is 464 g/mol. The Bertz CT molecular complexity index is 878. The monoisotopic (exact) mass is 524 g/mol. The van der Waals surface area contributed by atoms with Crippen LogP contribution in [0.25, 0.3) is 0 Å². The summed E-state index contributed by atoms with van der Waals surface area (Å²) in [6, 6.07) is 20.0. The van der Waals surface area contributed by atoms with Crippen LogP contribution in [0.4, 0.5) is 5.69 Å². The maximum absolute atomic E-state index is 13.9. The maximum Gasteiger partial charge on any atom is 0.230 e. The minimum atomic E-state index is -0.0224. The Hall–Kier alpha value is -2.13. The van der Waals surface area contributed by atoms with Crippen molar-refractivity contribution in [1.29, 1.82) is 0 Å². The molecule has 2 aromatic carbocycles. The number of amides is 1. The molecule has 3 heteroatoms. The lowest BCUT2D eigenvalue weighted by molar-refractivity contribution is -0.129. The Kier molecular flexibility index (Phi) is 17.2. The summed E-state index contributed by atoms with van der Waals surface area (Å²) >= 11 is 0. The van der Waals surface area contributed by atoms with Crippen LogP contribution < -0.4 is 4.90 Å². The minimum Gasteiger partial charge on any atom is -0.309 e. The topological polar surface area (TPSA) is 23.6 Å². The van der Waals surface area contributed by atoms with Gasteiger partial charge in [-0.2, -0.15) is 0 Å². The molecule has 3 nitrogen and oxygen atoms in total. The van der Waals surface area contributed by atoms with Gasteiger partial charge in [-0.3, -0.25) is 9.69 Å². The molecule has 1 amide bonds. The van der Waals surface area contributed by atoms with E-state index in [2.05, 4.69) is 103 Å². The number of hydrogen-bond donors (Lipinski definition) is 0. The highest BCUT2D eigenvalue weighted by molar-refractivity contribution is 5.96. The second-order valence-electron chi connectivity index (χ2n) is 10.3. The zero-order chi connectivity index (χ0) is 29.6. The number of rotatable bonds is 6. The number of carbonyl (C=O) groups is 1. The Morgan fingerprint density at radius 2 is 1.21 bits per heavy atom. The van der Waals surface area contributed by atoms with Gasteiger partial charge in [0, 0.05) is 36.3 Å². The Balaban J connectivity index is 0.00000213. The number of piperidine rings is 1. The third-order valence-corrected chi connectivity index (χ3v) is 8.09. The van der Waals surface area contributed by atoms with Crippen LogP contribution in [-0.2, 0) is 11.3 Å². The Morgan fingerprint density at radius 1 is 0.763 bits per heavy atom. The van der Waals surface area contributed by atoms with Crippen LogP contribution in [-0.4, -0.2) is 28.9 Å². The zero-order valence-electron chi connectivity index (χ0n) is 27.2. The molecular formula is C35H60N2O. The van der Waals surface area contributed by atoms with E-state index in [4.69, 9.17) is 0 Å². The van der Waals surface area contributed by atoms with E-state index in [1.54, 1.807) is 0 Å². The van der Waals surface area contributed by atoms with Gasteiger partial charge in [0.1, 0.15) is 0 Å². The van der Waals surface area contributed by atoms with E-state index in [0.717, 1.165) is 17.8 Å². The summed E-state index contributed by atoms with van der Waals surface area (Å²) < 4.78 is 0. The smallest absolute Gasteiger partial charge is 0.230 e. The molecule has 0 saturated carbocycles. The van der Waals surface area contributed by atoms with Gasteiger partial charge in [0.05, 0.1) is 0 Å². The van der Waals surface area contributed by atoms with Crippen molar-refractivity contribution in [3.05, 3.63) is 65.7 Å². The molecule has 5 unspecified atom stereocenters. The second-order valence-corrected chi connectivity index (χ2v) is 10.3. The minimum absolute atomic E-state index is 0.0224. The van der Waals surface area contributed by atoms with E-state index in [9.17, 15) is 4.79 Å². The van der Waals surface area contributed by atoms with Gasteiger partial charge in [0.25, 0.3) is 0 Å². The van der Waals surface area contributed by atoms with E-state index in [-0.39, 0.29) is 17.9 Å². The number of benzene rings is 2. The summed E-state index contributed by atoms with van der Waals surface area (Å²) in [5.41, 5.74) is 3.56. The first-order chi connectivity index (χ1) is 18.1. The fourth-order valence-electron chi connectivity index (χ4n) is 5.96. The highest BCUT2D eigenvalue weighted by Crippen LogP contribution is 2.43. The summed E-state index contributed by atoms with van der Waals surface area (Å²) in [5, 5.41) is 0. The van der Waals surface area contributed by atoms with Gasteiger partial charge < -0.3 is 4.90 Å². The van der Waals surface area contributed by atoms with Crippen LogP contribution >= 0.6 is 0 Å². The van der Waals surface area contributed by atoms with E-state index in [0.29, 0.717) is 29.8 Å². The fourth-order valence-corrected chi connectivity index (χ4v) is 5.96. The third-order valence-electron chi connectivity index (χ3n) is 8.09. The summed E-state index contributed by atoms with van der Waals surface area (Å²) in [7, 11) is 0. The van der Waals surface area contributed by atoms with Crippen LogP contribution in [0.3, 0.4) is 0 Å². The van der Waals surface area contributed by atoms with Crippen molar-refractivity contribution >= 4 is 11.6 Å². The summed E-state index contributed by atoms with van der Waals surface area (Å²) in [6.07, 6.45) is 0. The van der Waals surface area contributed by atoms with Crippen molar-refractivity contribution < 1.29 is 4.79 Å². The number of hydrogen-bond acceptors (Lipinski definition) is 2. The average Bonchev–Trinajstić information content (AvgIpc) is 2.95. The van der Waals surface area contributed by atoms with E-state index >= 15 is 0 Å². The number of nitrogens with zero attached hydrogens (tertiary/aromatic N) is 2. The molecule has 1 fully saturated rings. The molecule has 38 heavy (non-hydrogen) atoms. The predicted octanol–water partition coefficient (Wildman–Crippen LogP) is 9.63. The summed E-state index contributed by atoms with van der Waals surface area (Å²) in [6.45, 7) is 30.9. The van der Waals surface area contributed by atoms with Crippen LogP contribution in [0.2, 0.25) is 0 Å². The summed E-state index contributed by atoms with van der Waals surface area (Å²) in [5.74, 6) is 1.47. The highest BCUT2D eigenvalue weighted by Gasteiger charge is 2.46. The van der Waals surface area contributed by atoms with E-state index in [1.807, 2.05) is 58.6 Å². The molecule has 0 aromatic heterocycles. The van der Waals surface area contributed by atoms with Crippen LogP contribution in [0, 0.1) is 30.6 Å². The lowest BCUT2D eigenvalue weighted by Gasteiger charge is -2.52. The van der Waals surface area contributed by atoms with Gasteiger partial charge >= 0.3 is 0 Å². The first kappa shape index (κ1) is 35.9. The average molecular weight is 525 g/mol. The van der Waals surface area contributed by atoms with Gasteiger partial charge in [-0.05, 0) is 69.6 Å². The first-order valence-corrected chi connectivity index (χ1v) is 15.3. The Morgan fingerprint density at radius 3 is 1.66 bits per heavy atom. The fraction of sp³-hybridized carbons (Fsp3) is 0.629. The highest BCUT2D eigenvalue weighted by atomic mass is 16.2. The number of likely N-dealkylation sites (tertiary alicyclic amines) is 1. The molecule has 0 spiro atoms. The molecule has 3 rings (SSSR count). The van der Waals surface area contributed by atoms with Gasteiger partial charge in [-0.1, -0.05) is 111 Å². The Labute approximate surface area is 237 Å². The predicted molar refractivity (Wildman–Crippen MR) is 170 cm³/mol. The molecule has 2 aromatic rings. The van der Waals surface area contributed by atoms with Crippen molar-refractivity contribution in [3.8, 4) is 0 Å². The second kappa shape index (κ2) is 18.2. The maximum atomic E-state index is 13.9. The standard InChI is InChI=1S/C29H42N2O.3C2H6/c1-19(2)31(27-17-13-12-14-20(27)3)29(32)23(6)28-21(4)24(7)30(25(8)22(28)5)18-26-15-10-9-11-16-26;3*1-2/h9-17,19,21-25,28H,18H2,1-8H3;3*1-2H3. The molecule has 1 aliphatic rings. The molecule has 0 radical (unpaired) electrons. The molecule has 1 heterocycles. The third kappa shape index (κ3) is 8.70. The van der Waals surface area contributed by atoms with Crippen molar-refractivity contribution in [2.24, 2.45) is 23.7 Å². The number of carbonyl (C=O) groups excluding carboxylic acids is 1. The van der Waals surface area contributed by atoms with Crippen LogP contribution in [0.5, 0.6) is 0 Å². The molecule has 1 saturated heterocycles. The largest absolute Gasteiger partial charge is 0.309 e. The van der Waals surface area contributed by atoms with Gasteiger partial charge in [-0.25, -0.2) is 0 Å². The van der Waals surface area contributed by atoms with Crippen molar-refractivity contribution in [1.82, 2.24) is 4.90 Å². The molecule has 0 aliphatic carbocycles. The first-order valence-electron chi connectivity index (χ1n) is 15.3. The van der Waals surface area contributed by atoms with E-state index < -0.39 is 0 Å². The van der Waals surface area contributed by atoms with Crippen LogP contribution in [0.15, 0.2) is 54.6 Å². The number of para-hydroxylation sites is 1. The van der Waals surface area contributed by atoms with Gasteiger partial charge in [0.2, 0.25) is 5.91 Å². The zero-order valence-corrected chi connectivity index (χ0v) is 27.2. The number of aryl methyl sites for hydroxylation is 1. The molecule has 216 valence electrons. The van der Waals surface area contributed by atoms with Crippen LogP contribution in [0.1, 0.15) is 101 Å². The molecule has 1 aliphatic heterocycles. The lowest BCUT2D eigenvalue weighted by atomic mass is 9.66. The lowest BCUT2D eigenvalue weighted by Crippen LogP contribution is -2.58. The van der Waals surface area contributed by atoms with Crippen molar-refractivity contribution in [2.45, 2.75) is 122 Å². The van der Waals surface area contributed by atoms with Gasteiger partial charge in [0.15, 0.2) is 0 Å².